The Balaban J connectivity index is 1.27. The van der Waals surface area contributed by atoms with Crippen molar-refractivity contribution in [3.63, 3.8) is 0 Å². The highest BCUT2D eigenvalue weighted by Gasteiger charge is 2.46. The maximum Gasteiger partial charge on any atom is 0.273 e. The number of aryl methyl sites for hydroxylation is 2. The number of hydrogen-bond donors (Lipinski definition) is 2. The second kappa shape index (κ2) is 10.8. The van der Waals surface area contributed by atoms with Crippen LogP contribution in [-0.2, 0) is 29.1 Å². The molecule has 1 aliphatic carbocycles. The Hall–Kier alpha value is -2.89. The first-order valence-corrected chi connectivity index (χ1v) is 15.1. The van der Waals surface area contributed by atoms with Gasteiger partial charge >= 0.3 is 0 Å². The summed E-state index contributed by atoms with van der Waals surface area (Å²) in [4.78, 5) is 9.88. The van der Waals surface area contributed by atoms with Crippen LogP contribution in [0.4, 0.5) is 11.4 Å². The number of anilines is 2. The van der Waals surface area contributed by atoms with Crippen molar-refractivity contribution in [3.8, 4) is 5.88 Å². The molecule has 0 bridgehead atoms. The van der Waals surface area contributed by atoms with Gasteiger partial charge in [0.25, 0.3) is 5.88 Å². The second-order valence-electron chi connectivity index (χ2n) is 11.4. The molecule has 2 aromatic heterocycles. The van der Waals surface area contributed by atoms with Crippen molar-refractivity contribution in [2.24, 2.45) is 5.84 Å². The van der Waals surface area contributed by atoms with E-state index in [1.54, 1.807) is 6.20 Å². The maximum atomic E-state index is 14.0. The predicted molar refractivity (Wildman–Crippen MR) is 156 cm³/mol. The normalized spacial score (nSPS) is 20.6. The van der Waals surface area contributed by atoms with Gasteiger partial charge in [0, 0.05) is 43.0 Å². The summed E-state index contributed by atoms with van der Waals surface area (Å²) < 4.78 is 28.1. The highest BCUT2D eigenvalue weighted by Crippen LogP contribution is 2.39. The summed E-state index contributed by atoms with van der Waals surface area (Å²) in [5, 5.41) is 1.81. The van der Waals surface area contributed by atoms with Gasteiger partial charge in [0.15, 0.2) is 0 Å². The Kier molecular flexibility index (Phi) is 7.39. The zero-order valence-corrected chi connectivity index (χ0v) is 24.3. The van der Waals surface area contributed by atoms with Gasteiger partial charge in [-0.3, -0.25) is 4.98 Å². The van der Waals surface area contributed by atoms with E-state index in [1.807, 2.05) is 41.5 Å². The fourth-order valence-electron chi connectivity index (χ4n) is 5.63. The van der Waals surface area contributed by atoms with Crippen LogP contribution in [0.25, 0.3) is 0 Å². The smallest absolute Gasteiger partial charge is 0.273 e. The molecule has 1 spiro atoms. The molecule has 4 N–H and O–H groups in total. The summed E-state index contributed by atoms with van der Waals surface area (Å²) in [5.41, 5.74) is 13.8. The van der Waals surface area contributed by atoms with E-state index < -0.39 is 17.0 Å². The summed E-state index contributed by atoms with van der Waals surface area (Å²) >= 11 is -1.43. The van der Waals surface area contributed by atoms with E-state index in [-0.39, 0.29) is 0 Å². The zero-order valence-electron chi connectivity index (χ0n) is 23.5. The van der Waals surface area contributed by atoms with Crippen LogP contribution in [0, 0.1) is 20.8 Å². The molecule has 6 rings (SSSR count). The number of fused-ring (bicyclic) bond motifs is 1. The minimum atomic E-state index is -1.43. The molecular formula is C30H38N6O3S. The number of aromatic nitrogens is 2. The number of ether oxygens (including phenoxy) is 2. The van der Waals surface area contributed by atoms with Crippen molar-refractivity contribution < 1.29 is 14.0 Å². The van der Waals surface area contributed by atoms with Gasteiger partial charge in [0.05, 0.1) is 49.0 Å². The number of nitrogen functional groups attached to an aromatic ring is 1. The topological polar surface area (TPSA) is 126 Å². The third-order valence-corrected chi connectivity index (χ3v) is 9.77. The fraction of sp³-hybridized carbons (Fsp3) is 0.467. The number of nitrogens with zero attached hydrogens (tertiary/aromatic N) is 4. The van der Waals surface area contributed by atoms with Crippen LogP contribution in [0.3, 0.4) is 0 Å². The Labute approximate surface area is 239 Å². The lowest BCUT2D eigenvalue weighted by atomic mass is 9.93. The molecule has 10 heteroatoms. The van der Waals surface area contributed by atoms with E-state index in [9.17, 15) is 4.55 Å². The number of rotatable bonds is 6. The summed E-state index contributed by atoms with van der Waals surface area (Å²) in [6.45, 7) is 8.26. The van der Waals surface area contributed by atoms with Gasteiger partial charge in [-0.1, -0.05) is 12.1 Å². The standard InChI is InChI=1S/C30H38N6O3S/c1-19-12-27-29(34-15-19)39-30(8-10-38-11-9-30)18-35(40(27)37)17-24-14-22(16-33-21(24)3)13-23-4-7-26(28(31)20(23)2)36(32)25-5-6-25/h4,7,12,14-16,25H,5-6,8-11,13,17-18,31-32H2,1-3H3. The summed E-state index contributed by atoms with van der Waals surface area (Å²) in [6, 6.07) is 8.64. The molecule has 1 aromatic carbocycles. The number of nitrogens with two attached hydrogens (primary N) is 2. The first-order chi connectivity index (χ1) is 19.2. The third kappa shape index (κ3) is 5.38. The Bertz CT molecular complexity index is 1410. The van der Waals surface area contributed by atoms with E-state index in [2.05, 4.69) is 24.0 Å². The summed E-state index contributed by atoms with van der Waals surface area (Å²) in [7, 11) is 0. The summed E-state index contributed by atoms with van der Waals surface area (Å²) in [6.07, 6.45) is 8.07. The van der Waals surface area contributed by atoms with Crippen LogP contribution in [0.15, 0.2) is 41.6 Å². The molecule has 3 aromatic rings. The molecule has 1 saturated carbocycles. The molecule has 40 heavy (non-hydrogen) atoms. The monoisotopic (exact) mass is 562 g/mol. The highest BCUT2D eigenvalue weighted by atomic mass is 32.2. The molecule has 3 aliphatic rings. The van der Waals surface area contributed by atoms with Crippen LogP contribution in [-0.4, -0.2) is 50.2 Å². The molecule has 1 saturated heterocycles. The first-order valence-electron chi connectivity index (χ1n) is 14.0. The lowest BCUT2D eigenvalue weighted by Crippen LogP contribution is -2.50. The molecule has 0 radical (unpaired) electrons. The van der Waals surface area contributed by atoms with Crippen LogP contribution >= 0.6 is 0 Å². The predicted octanol–water partition coefficient (Wildman–Crippen LogP) is 3.88. The molecule has 2 fully saturated rings. The van der Waals surface area contributed by atoms with Crippen LogP contribution in [0.5, 0.6) is 5.88 Å². The van der Waals surface area contributed by atoms with Crippen LogP contribution in [0.2, 0.25) is 0 Å². The Morgan fingerprint density at radius 2 is 1.88 bits per heavy atom. The molecule has 9 nitrogen and oxygen atoms in total. The number of hydrogen-bond acceptors (Lipinski definition) is 9. The molecule has 0 amide bonds. The number of pyridine rings is 2. The number of benzene rings is 1. The summed E-state index contributed by atoms with van der Waals surface area (Å²) in [5.74, 6) is 6.77. The first kappa shape index (κ1) is 27.3. The van der Waals surface area contributed by atoms with E-state index in [4.69, 9.17) is 26.0 Å². The molecular weight excluding hydrogens is 524 g/mol. The lowest BCUT2D eigenvalue weighted by Gasteiger charge is -2.37. The van der Waals surface area contributed by atoms with Crippen LogP contribution in [0.1, 0.15) is 59.2 Å². The van der Waals surface area contributed by atoms with Gasteiger partial charge < -0.3 is 24.8 Å². The van der Waals surface area contributed by atoms with E-state index >= 15 is 0 Å². The van der Waals surface area contributed by atoms with Gasteiger partial charge in [0.1, 0.15) is 5.60 Å². The van der Waals surface area contributed by atoms with E-state index in [0.717, 1.165) is 70.6 Å². The van der Waals surface area contributed by atoms with Crippen LogP contribution < -0.4 is 21.3 Å². The molecule has 2 aliphatic heterocycles. The quantitative estimate of drug-likeness (QED) is 0.199. The zero-order chi connectivity index (χ0) is 28.0. The molecule has 1 unspecified atom stereocenters. The molecule has 4 heterocycles. The third-order valence-electron chi connectivity index (χ3n) is 8.37. The SMILES string of the molecule is Cc1cnc2c(c1)[S+]([O-])N(Cc1cc(Cc3ccc(N(N)C4CC4)c(N)c3C)cnc1C)CC1(CCOCC1)O2. The van der Waals surface area contributed by atoms with E-state index in [0.29, 0.717) is 49.5 Å². The van der Waals surface area contributed by atoms with E-state index in [1.165, 1.54) is 0 Å². The lowest BCUT2D eigenvalue weighted by molar-refractivity contribution is -0.0554. The van der Waals surface area contributed by atoms with Gasteiger partial charge in [-0.25, -0.2) is 10.8 Å². The van der Waals surface area contributed by atoms with Gasteiger partial charge in [-0.05, 0) is 73.9 Å². The van der Waals surface area contributed by atoms with Crippen molar-refractivity contribution in [1.29, 1.82) is 0 Å². The van der Waals surface area contributed by atoms with Crippen molar-refractivity contribution in [1.82, 2.24) is 14.3 Å². The Morgan fingerprint density at radius 1 is 1.10 bits per heavy atom. The average molecular weight is 563 g/mol. The van der Waals surface area contributed by atoms with Crippen molar-refractivity contribution >= 4 is 22.7 Å². The number of hydrazine groups is 1. The molecule has 212 valence electrons. The minimum Gasteiger partial charge on any atom is -0.593 e. The second-order valence-corrected chi connectivity index (χ2v) is 12.9. The van der Waals surface area contributed by atoms with Gasteiger partial charge in [-0.15, -0.1) is 4.31 Å². The van der Waals surface area contributed by atoms with Crippen molar-refractivity contribution in [3.05, 3.63) is 70.2 Å². The minimum absolute atomic E-state index is 0.387. The largest absolute Gasteiger partial charge is 0.593 e. The highest BCUT2D eigenvalue weighted by molar-refractivity contribution is 7.89. The van der Waals surface area contributed by atoms with Crippen molar-refractivity contribution in [2.45, 2.75) is 76.0 Å². The molecule has 1 atom stereocenters. The Morgan fingerprint density at radius 3 is 2.62 bits per heavy atom. The van der Waals surface area contributed by atoms with Crippen molar-refractivity contribution in [2.75, 3.05) is 30.5 Å². The average Bonchev–Trinajstić information content (AvgIpc) is 3.80. The maximum absolute atomic E-state index is 14.0. The fourth-order valence-corrected chi connectivity index (χ4v) is 7.04. The van der Waals surface area contributed by atoms with Gasteiger partial charge in [0.2, 0.25) is 4.90 Å². The van der Waals surface area contributed by atoms with Gasteiger partial charge in [-0.2, -0.15) is 0 Å².